The van der Waals surface area contributed by atoms with Crippen LogP contribution in [-0.2, 0) is 0 Å². The number of hydrogen-bond donors (Lipinski definition) is 1. The van der Waals surface area contributed by atoms with Crippen molar-refractivity contribution in [3.63, 3.8) is 0 Å². The molecule has 5 heteroatoms. The van der Waals surface area contributed by atoms with Crippen LogP contribution in [0, 0.1) is 0 Å². The van der Waals surface area contributed by atoms with Crippen LogP contribution in [0.3, 0.4) is 0 Å². The molecule has 0 amide bonds. The summed E-state index contributed by atoms with van der Waals surface area (Å²) in [4.78, 5) is 6.98. The minimum absolute atomic E-state index is 0.188. The molecule has 0 saturated carbocycles. The van der Waals surface area contributed by atoms with Gasteiger partial charge in [-0.25, -0.2) is 9.50 Å². The Morgan fingerprint density at radius 1 is 1.37 bits per heavy atom. The summed E-state index contributed by atoms with van der Waals surface area (Å²) in [5.41, 5.74) is 0.548. The van der Waals surface area contributed by atoms with Crippen LogP contribution in [-0.4, -0.2) is 37.2 Å². The van der Waals surface area contributed by atoms with Gasteiger partial charge in [0.15, 0.2) is 17.2 Å². The summed E-state index contributed by atoms with van der Waals surface area (Å²) in [5, 5.41) is 14.4. The molecule has 1 atom stereocenters. The van der Waals surface area contributed by atoms with E-state index in [0.717, 1.165) is 18.8 Å². The fourth-order valence-corrected chi connectivity index (χ4v) is 2.90. The molecule has 2 aromatic rings. The molecule has 3 rings (SSSR count). The zero-order chi connectivity index (χ0) is 13.4. The Hall–Kier alpha value is -1.62. The largest absolute Gasteiger partial charge is 0.504 e. The summed E-state index contributed by atoms with van der Waals surface area (Å²) in [5.74, 6) is 1.02. The highest BCUT2D eigenvalue weighted by Gasteiger charge is 2.29. The fourth-order valence-electron chi connectivity index (χ4n) is 2.90. The van der Waals surface area contributed by atoms with E-state index in [1.165, 1.54) is 12.8 Å². The maximum Gasteiger partial charge on any atom is 0.197 e. The molecule has 102 valence electrons. The van der Waals surface area contributed by atoms with Crippen molar-refractivity contribution >= 4 is 5.65 Å². The maximum absolute atomic E-state index is 9.82. The first-order valence-corrected chi connectivity index (χ1v) is 6.97. The highest BCUT2D eigenvalue weighted by molar-refractivity contribution is 5.51. The Balaban J connectivity index is 2.00. The van der Waals surface area contributed by atoms with E-state index in [4.69, 9.17) is 0 Å². The van der Waals surface area contributed by atoms with Gasteiger partial charge in [0, 0.05) is 12.2 Å². The van der Waals surface area contributed by atoms with E-state index in [0.29, 0.717) is 11.7 Å². The number of likely N-dealkylation sites (tertiary alicyclic amines) is 1. The first-order valence-electron chi connectivity index (χ1n) is 6.97. The Morgan fingerprint density at radius 3 is 2.95 bits per heavy atom. The van der Waals surface area contributed by atoms with E-state index < -0.39 is 0 Å². The zero-order valence-corrected chi connectivity index (χ0v) is 11.5. The Morgan fingerprint density at radius 2 is 2.21 bits per heavy atom. The number of aromatic nitrogens is 3. The molecule has 1 aliphatic heterocycles. The standard InChI is InChI=1S/C14H20N4O/c1-10(2)17-8-4-3-6-11(17)13-15-14-12(19)7-5-9-18(14)16-13/h5,7,9-11,19H,3-4,6,8H2,1-2H3. The molecule has 0 bridgehead atoms. The van der Waals surface area contributed by atoms with Crippen molar-refractivity contribution in [1.29, 1.82) is 0 Å². The summed E-state index contributed by atoms with van der Waals surface area (Å²) in [6.07, 6.45) is 5.38. The third kappa shape index (κ3) is 2.18. The molecule has 1 aliphatic rings. The monoisotopic (exact) mass is 260 g/mol. The van der Waals surface area contributed by atoms with E-state index in [-0.39, 0.29) is 11.8 Å². The van der Waals surface area contributed by atoms with Gasteiger partial charge in [-0.05, 0) is 45.4 Å². The third-order valence-electron chi connectivity index (χ3n) is 3.86. The van der Waals surface area contributed by atoms with Crippen molar-refractivity contribution in [2.24, 2.45) is 0 Å². The number of pyridine rings is 1. The molecule has 3 heterocycles. The molecule has 0 aliphatic carbocycles. The third-order valence-corrected chi connectivity index (χ3v) is 3.86. The van der Waals surface area contributed by atoms with Crippen LogP contribution in [0.2, 0.25) is 0 Å². The molecule has 5 nitrogen and oxygen atoms in total. The number of rotatable bonds is 2. The number of piperidine rings is 1. The molecular formula is C14H20N4O. The molecule has 2 aromatic heterocycles. The van der Waals surface area contributed by atoms with Crippen molar-refractivity contribution in [1.82, 2.24) is 19.5 Å². The van der Waals surface area contributed by atoms with Gasteiger partial charge in [0.05, 0.1) is 6.04 Å². The second-order valence-electron chi connectivity index (χ2n) is 5.47. The van der Waals surface area contributed by atoms with Crippen LogP contribution in [0.4, 0.5) is 0 Å². The summed E-state index contributed by atoms with van der Waals surface area (Å²) in [7, 11) is 0. The van der Waals surface area contributed by atoms with Crippen molar-refractivity contribution in [3.8, 4) is 5.75 Å². The van der Waals surface area contributed by atoms with Crippen molar-refractivity contribution in [2.45, 2.75) is 45.2 Å². The molecule has 1 unspecified atom stereocenters. The molecule has 0 aromatic carbocycles. The second kappa shape index (κ2) is 4.81. The van der Waals surface area contributed by atoms with Gasteiger partial charge >= 0.3 is 0 Å². The van der Waals surface area contributed by atoms with Crippen LogP contribution in [0.1, 0.15) is 45.0 Å². The molecule has 1 fully saturated rings. The number of hydrogen-bond acceptors (Lipinski definition) is 4. The highest BCUT2D eigenvalue weighted by atomic mass is 16.3. The van der Waals surface area contributed by atoms with Gasteiger partial charge in [-0.3, -0.25) is 4.90 Å². The van der Waals surface area contributed by atoms with Crippen molar-refractivity contribution < 1.29 is 5.11 Å². The number of nitrogens with zero attached hydrogens (tertiary/aromatic N) is 4. The summed E-state index contributed by atoms with van der Waals surface area (Å²) in [6, 6.07) is 4.19. The molecule has 1 N–H and O–H groups in total. The molecule has 19 heavy (non-hydrogen) atoms. The van der Waals surface area contributed by atoms with Gasteiger partial charge in [-0.15, -0.1) is 5.10 Å². The van der Waals surface area contributed by atoms with Crippen molar-refractivity contribution in [3.05, 3.63) is 24.2 Å². The first kappa shape index (κ1) is 12.4. The lowest BCUT2D eigenvalue weighted by Gasteiger charge is -2.36. The predicted octanol–water partition coefficient (Wildman–Crippen LogP) is 2.37. The summed E-state index contributed by atoms with van der Waals surface area (Å²) >= 11 is 0. The van der Waals surface area contributed by atoms with Gasteiger partial charge in [0.25, 0.3) is 0 Å². The van der Waals surface area contributed by atoms with E-state index in [1.54, 1.807) is 16.6 Å². The minimum Gasteiger partial charge on any atom is -0.504 e. The van der Waals surface area contributed by atoms with Crippen LogP contribution in [0.5, 0.6) is 5.75 Å². The smallest absolute Gasteiger partial charge is 0.197 e. The van der Waals surface area contributed by atoms with Gasteiger partial charge < -0.3 is 5.11 Å². The summed E-state index contributed by atoms with van der Waals surface area (Å²) < 4.78 is 1.66. The second-order valence-corrected chi connectivity index (χ2v) is 5.47. The first-order chi connectivity index (χ1) is 9.16. The normalized spacial score (nSPS) is 21.3. The van der Waals surface area contributed by atoms with Crippen LogP contribution in [0.25, 0.3) is 5.65 Å². The van der Waals surface area contributed by atoms with Gasteiger partial charge in [0.2, 0.25) is 0 Å². The van der Waals surface area contributed by atoms with Gasteiger partial charge in [-0.2, -0.15) is 0 Å². The average Bonchev–Trinajstić information content (AvgIpc) is 2.84. The Bertz CT molecular complexity index is 578. The van der Waals surface area contributed by atoms with Gasteiger partial charge in [0.1, 0.15) is 0 Å². The molecule has 0 radical (unpaired) electrons. The highest BCUT2D eigenvalue weighted by Crippen LogP contribution is 2.31. The van der Waals surface area contributed by atoms with Gasteiger partial charge in [-0.1, -0.05) is 6.42 Å². The average molecular weight is 260 g/mol. The summed E-state index contributed by atoms with van der Waals surface area (Å²) in [6.45, 7) is 5.53. The quantitative estimate of drug-likeness (QED) is 0.900. The van der Waals surface area contributed by atoms with E-state index in [1.807, 2.05) is 6.20 Å². The fraction of sp³-hybridized carbons (Fsp3) is 0.571. The lowest BCUT2D eigenvalue weighted by Crippen LogP contribution is -2.39. The number of aromatic hydroxyl groups is 1. The maximum atomic E-state index is 9.82. The van der Waals surface area contributed by atoms with E-state index >= 15 is 0 Å². The molecular weight excluding hydrogens is 240 g/mol. The van der Waals surface area contributed by atoms with E-state index in [9.17, 15) is 5.11 Å². The van der Waals surface area contributed by atoms with E-state index in [2.05, 4.69) is 28.8 Å². The Labute approximate surface area is 112 Å². The predicted molar refractivity (Wildman–Crippen MR) is 73.1 cm³/mol. The lowest BCUT2D eigenvalue weighted by atomic mass is 10.00. The molecule has 0 spiro atoms. The minimum atomic E-state index is 0.188. The van der Waals surface area contributed by atoms with Crippen molar-refractivity contribution in [2.75, 3.05) is 6.54 Å². The number of fused-ring (bicyclic) bond motifs is 1. The SMILES string of the molecule is CC(C)N1CCCCC1c1nc2c(O)cccn2n1. The van der Waals surface area contributed by atoms with Crippen LogP contribution < -0.4 is 0 Å². The lowest BCUT2D eigenvalue weighted by molar-refractivity contribution is 0.106. The zero-order valence-electron chi connectivity index (χ0n) is 11.5. The van der Waals surface area contributed by atoms with Crippen LogP contribution >= 0.6 is 0 Å². The van der Waals surface area contributed by atoms with Crippen LogP contribution in [0.15, 0.2) is 18.3 Å². The topological polar surface area (TPSA) is 53.7 Å². The molecule has 1 saturated heterocycles. The Kier molecular flexibility index (Phi) is 3.14.